The average molecular weight is 406 g/mol. The highest BCUT2D eigenvalue weighted by atomic mass is 16.4. The third-order valence-corrected chi connectivity index (χ3v) is 6.08. The molecule has 5 heteroatoms. The van der Waals surface area contributed by atoms with Gasteiger partial charge in [0.05, 0.1) is 23.0 Å². The molecule has 2 unspecified atom stereocenters. The Morgan fingerprint density at radius 2 is 1.77 bits per heavy atom. The van der Waals surface area contributed by atoms with Gasteiger partial charge in [-0.3, -0.25) is 4.79 Å². The van der Waals surface area contributed by atoms with Crippen LogP contribution in [0.15, 0.2) is 48.5 Å². The quantitative estimate of drug-likeness (QED) is 0.538. The number of rotatable bonds is 10. The second kappa shape index (κ2) is 10.2. The highest BCUT2D eigenvalue weighted by Gasteiger charge is 2.34. The van der Waals surface area contributed by atoms with Crippen LogP contribution in [0.1, 0.15) is 63.0 Å². The number of unbranched alkanes of at least 4 members (excludes halogenated alkanes) is 1. The number of anilines is 2. The van der Waals surface area contributed by atoms with Crippen molar-refractivity contribution < 1.29 is 9.90 Å². The smallest absolute Gasteiger partial charge is 0.303 e. The Labute approximate surface area is 179 Å². The van der Waals surface area contributed by atoms with Gasteiger partial charge in [-0.25, -0.2) is 0 Å². The first-order valence-corrected chi connectivity index (χ1v) is 10.9. The van der Waals surface area contributed by atoms with Crippen LogP contribution in [0.5, 0.6) is 0 Å². The first-order chi connectivity index (χ1) is 14.6. The van der Waals surface area contributed by atoms with E-state index >= 15 is 0 Å². The van der Waals surface area contributed by atoms with Crippen LogP contribution in [0.2, 0.25) is 0 Å². The highest BCUT2D eigenvalue weighted by Crippen LogP contribution is 2.41. The van der Waals surface area contributed by atoms with Gasteiger partial charge in [-0.15, -0.1) is 0 Å². The summed E-state index contributed by atoms with van der Waals surface area (Å²) < 4.78 is 0. The number of para-hydroxylation sites is 2. The fourth-order valence-corrected chi connectivity index (χ4v) is 4.57. The molecule has 3 rings (SSSR count). The number of benzene rings is 2. The summed E-state index contributed by atoms with van der Waals surface area (Å²) >= 11 is 0. The summed E-state index contributed by atoms with van der Waals surface area (Å²) in [6.45, 7) is 6.09. The van der Waals surface area contributed by atoms with Gasteiger partial charge >= 0.3 is 5.97 Å². The Kier molecular flexibility index (Phi) is 7.35. The average Bonchev–Trinajstić information content (AvgIpc) is 3.07. The number of carbonyl (C=O) groups is 1. The van der Waals surface area contributed by atoms with Gasteiger partial charge in [0.2, 0.25) is 0 Å². The molecule has 1 aliphatic rings. The lowest BCUT2D eigenvalue weighted by molar-refractivity contribution is -0.137. The second-order valence-corrected chi connectivity index (χ2v) is 7.98. The predicted molar refractivity (Wildman–Crippen MR) is 121 cm³/mol. The summed E-state index contributed by atoms with van der Waals surface area (Å²) in [6, 6.07) is 18.5. The molecule has 2 atom stereocenters. The molecule has 1 N–H and O–H groups in total. The van der Waals surface area contributed by atoms with Crippen LogP contribution in [0.3, 0.4) is 0 Å². The van der Waals surface area contributed by atoms with Crippen molar-refractivity contribution in [3.63, 3.8) is 0 Å². The molecule has 2 aromatic carbocycles. The minimum atomic E-state index is -0.744. The van der Waals surface area contributed by atoms with E-state index in [9.17, 15) is 15.2 Å². The first-order valence-electron chi connectivity index (χ1n) is 10.9. The van der Waals surface area contributed by atoms with E-state index in [0.717, 1.165) is 43.5 Å². The van der Waals surface area contributed by atoms with Crippen molar-refractivity contribution >= 4 is 17.3 Å². The van der Waals surface area contributed by atoms with Crippen LogP contribution in [-0.2, 0) is 4.79 Å². The number of nitrogens with zero attached hydrogens (tertiary/aromatic N) is 3. The molecule has 2 aromatic rings. The summed E-state index contributed by atoms with van der Waals surface area (Å²) in [5, 5.41) is 18.5. The number of carboxylic acids is 1. The van der Waals surface area contributed by atoms with E-state index < -0.39 is 5.97 Å². The summed E-state index contributed by atoms with van der Waals surface area (Å²) in [5.74, 6) is -0.395. The van der Waals surface area contributed by atoms with E-state index in [0.29, 0.717) is 12.3 Å². The first kappa shape index (κ1) is 21.7. The van der Waals surface area contributed by atoms with Gasteiger partial charge in [0, 0.05) is 19.5 Å². The highest BCUT2D eigenvalue weighted by molar-refractivity contribution is 5.78. The van der Waals surface area contributed by atoms with Crippen LogP contribution in [-0.4, -0.2) is 30.3 Å². The van der Waals surface area contributed by atoms with Gasteiger partial charge < -0.3 is 14.9 Å². The molecule has 30 heavy (non-hydrogen) atoms. The number of carboxylic acid groups (broad SMARTS) is 1. The molecule has 0 bridgehead atoms. The molecule has 0 spiro atoms. The Hall–Kier alpha value is -3.00. The van der Waals surface area contributed by atoms with Crippen molar-refractivity contribution in [3.8, 4) is 6.07 Å². The molecular formula is C25H31N3O2. The lowest BCUT2D eigenvalue weighted by Gasteiger charge is -2.32. The van der Waals surface area contributed by atoms with E-state index in [1.165, 1.54) is 11.4 Å². The molecule has 0 saturated heterocycles. The van der Waals surface area contributed by atoms with E-state index in [1.807, 2.05) is 24.3 Å². The zero-order valence-corrected chi connectivity index (χ0v) is 17.9. The van der Waals surface area contributed by atoms with Crippen LogP contribution in [0.25, 0.3) is 0 Å². The maximum atomic E-state index is 11.2. The van der Waals surface area contributed by atoms with E-state index in [1.54, 1.807) is 0 Å². The van der Waals surface area contributed by atoms with Crippen molar-refractivity contribution in [2.24, 2.45) is 0 Å². The van der Waals surface area contributed by atoms with Crippen molar-refractivity contribution in [2.45, 2.75) is 58.0 Å². The molecule has 5 nitrogen and oxygen atoms in total. The normalized spacial score (nSPS) is 16.2. The Morgan fingerprint density at radius 3 is 2.43 bits per heavy atom. The second-order valence-electron chi connectivity index (χ2n) is 7.98. The SMILES string of the molecule is CCN1c2ccccc2N(CCCCC(C)c2ccccc2C#N)C1CCC(=O)O. The molecule has 0 aromatic heterocycles. The van der Waals surface area contributed by atoms with Crippen LogP contribution >= 0.6 is 0 Å². The molecule has 1 aliphatic heterocycles. The number of nitriles is 1. The van der Waals surface area contributed by atoms with Crippen molar-refractivity contribution in [2.75, 3.05) is 22.9 Å². The van der Waals surface area contributed by atoms with E-state index in [-0.39, 0.29) is 12.6 Å². The summed E-state index contributed by atoms with van der Waals surface area (Å²) in [5.41, 5.74) is 4.30. The van der Waals surface area contributed by atoms with Crippen LogP contribution < -0.4 is 9.80 Å². The molecule has 158 valence electrons. The van der Waals surface area contributed by atoms with Crippen molar-refractivity contribution in [1.29, 1.82) is 5.26 Å². The lowest BCUT2D eigenvalue weighted by atomic mass is 9.92. The molecular weight excluding hydrogens is 374 g/mol. The zero-order chi connectivity index (χ0) is 21.5. The van der Waals surface area contributed by atoms with Crippen LogP contribution in [0.4, 0.5) is 11.4 Å². The minimum absolute atomic E-state index is 0.0974. The number of hydrogen-bond acceptors (Lipinski definition) is 4. The van der Waals surface area contributed by atoms with E-state index in [4.69, 9.17) is 0 Å². The minimum Gasteiger partial charge on any atom is -0.481 e. The van der Waals surface area contributed by atoms with Gasteiger partial charge in [0.25, 0.3) is 0 Å². The fourth-order valence-electron chi connectivity index (χ4n) is 4.57. The number of hydrogen-bond donors (Lipinski definition) is 1. The topological polar surface area (TPSA) is 67.6 Å². The van der Waals surface area contributed by atoms with Gasteiger partial charge in [0.1, 0.15) is 6.17 Å². The molecule has 0 amide bonds. The van der Waals surface area contributed by atoms with Gasteiger partial charge in [-0.2, -0.15) is 5.26 Å². The third-order valence-electron chi connectivity index (χ3n) is 6.08. The molecule has 0 aliphatic carbocycles. The fraction of sp³-hybridized carbons (Fsp3) is 0.440. The van der Waals surface area contributed by atoms with Gasteiger partial charge in [-0.1, -0.05) is 43.7 Å². The molecule has 1 heterocycles. The summed E-state index contributed by atoms with van der Waals surface area (Å²) in [7, 11) is 0. The Morgan fingerprint density at radius 1 is 1.10 bits per heavy atom. The van der Waals surface area contributed by atoms with Gasteiger partial charge in [-0.05, 0) is 55.9 Å². The summed E-state index contributed by atoms with van der Waals surface area (Å²) in [6.07, 6.45) is 4.02. The maximum absolute atomic E-state index is 11.2. The Balaban J connectivity index is 1.63. The summed E-state index contributed by atoms with van der Waals surface area (Å²) in [4.78, 5) is 15.9. The third kappa shape index (κ3) is 4.76. The van der Waals surface area contributed by atoms with Crippen molar-refractivity contribution in [1.82, 2.24) is 0 Å². The van der Waals surface area contributed by atoms with Crippen LogP contribution in [0, 0.1) is 11.3 Å². The molecule has 0 fully saturated rings. The maximum Gasteiger partial charge on any atom is 0.303 e. The largest absolute Gasteiger partial charge is 0.481 e. The molecule has 0 saturated carbocycles. The zero-order valence-electron chi connectivity index (χ0n) is 17.9. The monoisotopic (exact) mass is 405 g/mol. The standard InChI is InChI=1S/C25H31N3O2/c1-3-27-22-13-6-7-14-23(22)28(24(27)15-16-25(29)30)17-9-8-10-19(2)21-12-5-4-11-20(21)18-26/h4-7,11-14,19,24H,3,8-10,15-17H2,1-2H3,(H,29,30). The Bertz CT molecular complexity index is 905. The van der Waals surface area contributed by atoms with Crippen molar-refractivity contribution in [3.05, 3.63) is 59.7 Å². The van der Waals surface area contributed by atoms with E-state index in [2.05, 4.69) is 54.0 Å². The lowest BCUT2D eigenvalue weighted by Crippen LogP contribution is -2.44. The predicted octanol–water partition coefficient (Wildman–Crippen LogP) is 5.37. The van der Waals surface area contributed by atoms with Gasteiger partial charge in [0.15, 0.2) is 0 Å². The number of fused-ring (bicyclic) bond motifs is 1. The number of aliphatic carboxylic acids is 1. The molecule has 0 radical (unpaired) electrons.